The van der Waals surface area contributed by atoms with E-state index < -0.39 is 10.0 Å². The maximum atomic E-state index is 12.4. The molecule has 2 saturated heterocycles. The monoisotopic (exact) mass is 401 g/mol. The number of morpholine rings is 1. The third-order valence-corrected chi connectivity index (χ3v) is 7.55. The average Bonchev–Trinajstić information content (AvgIpc) is 3.00. The lowest BCUT2D eigenvalue weighted by Crippen LogP contribution is -2.52. The second-order valence-corrected chi connectivity index (χ2v) is 10.7. The zero-order chi connectivity index (χ0) is 18.6. The zero-order valence-electron chi connectivity index (χ0n) is 15.9. The molecule has 148 valence electrons. The van der Waals surface area contributed by atoms with Crippen molar-refractivity contribution in [1.29, 1.82) is 0 Å². The molecule has 8 heteroatoms. The van der Waals surface area contributed by atoms with Crippen molar-refractivity contribution in [3.63, 3.8) is 0 Å². The SMILES string of the molecule is Cc1ccc(CN2CCCC(N(CCN3CCOCC3)S(C)(=O)=O)C2)s1. The van der Waals surface area contributed by atoms with Gasteiger partial charge in [0.1, 0.15) is 0 Å². The molecular weight excluding hydrogens is 370 g/mol. The Labute approximate surface area is 161 Å². The van der Waals surface area contributed by atoms with Crippen LogP contribution in [0.15, 0.2) is 12.1 Å². The summed E-state index contributed by atoms with van der Waals surface area (Å²) in [7, 11) is -3.21. The van der Waals surface area contributed by atoms with Gasteiger partial charge < -0.3 is 4.74 Å². The molecule has 1 aromatic heterocycles. The Hall–Kier alpha value is -0.510. The number of hydrogen-bond acceptors (Lipinski definition) is 6. The molecule has 2 aliphatic heterocycles. The van der Waals surface area contributed by atoms with Crippen molar-refractivity contribution >= 4 is 21.4 Å². The highest BCUT2D eigenvalue weighted by Crippen LogP contribution is 2.23. The number of piperidine rings is 1. The first-order chi connectivity index (χ1) is 12.4. The van der Waals surface area contributed by atoms with Crippen molar-refractivity contribution < 1.29 is 13.2 Å². The van der Waals surface area contributed by atoms with E-state index in [2.05, 4.69) is 28.9 Å². The Kier molecular flexibility index (Phi) is 7.10. The van der Waals surface area contributed by atoms with Crippen LogP contribution in [-0.4, -0.2) is 87.3 Å². The van der Waals surface area contributed by atoms with Crippen LogP contribution in [0.2, 0.25) is 0 Å². The molecule has 1 unspecified atom stereocenters. The zero-order valence-corrected chi connectivity index (χ0v) is 17.5. The molecule has 0 radical (unpaired) electrons. The van der Waals surface area contributed by atoms with E-state index in [9.17, 15) is 8.42 Å². The van der Waals surface area contributed by atoms with Crippen LogP contribution in [0, 0.1) is 6.92 Å². The average molecular weight is 402 g/mol. The summed E-state index contributed by atoms with van der Waals surface area (Å²) in [5.41, 5.74) is 0. The largest absolute Gasteiger partial charge is 0.379 e. The highest BCUT2D eigenvalue weighted by molar-refractivity contribution is 7.88. The van der Waals surface area contributed by atoms with Gasteiger partial charge in [-0.2, -0.15) is 4.31 Å². The van der Waals surface area contributed by atoms with Gasteiger partial charge in [-0.15, -0.1) is 11.3 Å². The molecule has 3 heterocycles. The molecule has 0 saturated carbocycles. The van der Waals surface area contributed by atoms with Gasteiger partial charge in [-0.25, -0.2) is 8.42 Å². The minimum Gasteiger partial charge on any atom is -0.379 e. The van der Waals surface area contributed by atoms with Gasteiger partial charge in [0.15, 0.2) is 0 Å². The van der Waals surface area contributed by atoms with E-state index in [-0.39, 0.29) is 6.04 Å². The molecule has 0 aliphatic carbocycles. The maximum absolute atomic E-state index is 12.4. The molecule has 1 aromatic rings. The Balaban J connectivity index is 1.59. The van der Waals surface area contributed by atoms with E-state index in [1.165, 1.54) is 16.0 Å². The van der Waals surface area contributed by atoms with E-state index in [0.717, 1.165) is 65.3 Å². The topological polar surface area (TPSA) is 53.1 Å². The summed E-state index contributed by atoms with van der Waals surface area (Å²) in [6, 6.07) is 4.43. The van der Waals surface area contributed by atoms with E-state index >= 15 is 0 Å². The quantitative estimate of drug-likeness (QED) is 0.695. The van der Waals surface area contributed by atoms with Crippen LogP contribution in [0.4, 0.5) is 0 Å². The second-order valence-electron chi connectivity index (χ2n) is 7.37. The number of thiophene rings is 1. The minimum absolute atomic E-state index is 0.0841. The number of likely N-dealkylation sites (tertiary alicyclic amines) is 1. The van der Waals surface area contributed by atoms with Gasteiger partial charge in [0.25, 0.3) is 0 Å². The standard InChI is InChI=1S/C18H31N3O3S2/c1-16-5-6-18(25-16)15-20-7-3-4-17(14-20)21(26(2,22)23)9-8-19-10-12-24-13-11-19/h5-6,17H,3-4,7-15H2,1-2H3. The molecule has 1 atom stereocenters. The molecule has 6 nitrogen and oxygen atoms in total. The van der Waals surface area contributed by atoms with Crippen LogP contribution in [0.5, 0.6) is 0 Å². The van der Waals surface area contributed by atoms with Gasteiger partial charge in [0, 0.05) is 55.1 Å². The number of aryl methyl sites for hydroxylation is 1. The van der Waals surface area contributed by atoms with Crippen molar-refractivity contribution in [3.05, 3.63) is 21.9 Å². The molecular formula is C18H31N3O3S2. The van der Waals surface area contributed by atoms with Gasteiger partial charge >= 0.3 is 0 Å². The van der Waals surface area contributed by atoms with Gasteiger partial charge in [0.05, 0.1) is 19.5 Å². The van der Waals surface area contributed by atoms with Crippen LogP contribution in [0.1, 0.15) is 22.6 Å². The molecule has 0 spiro atoms. The molecule has 0 bridgehead atoms. The Morgan fingerprint density at radius 3 is 2.65 bits per heavy atom. The highest BCUT2D eigenvalue weighted by Gasteiger charge is 2.31. The van der Waals surface area contributed by atoms with Crippen molar-refractivity contribution in [3.8, 4) is 0 Å². The van der Waals surface area contributed by atoms with E-state index in [4.69, 9.17) is 4.74 Å². The fourth-order valence-electron chi connectivity index (χ4n) is 3.88. The summed E-state index contributed by atoms with van der Waals surface area (Å²) >= 11 is 1.83. The molecule has 2 aliphatic rings. The maximum Gasteiger partial charge on any atom is 0.211 e. The lowest BCUT2D eigenvalue weighted by Gasteiger charge is -2.39. The smallest absolute Gasteiger partial charge is 0.211 e. The Bertz CT molecular complexity index is 671. The third kappa shape index (κ3) is 5.74. The summed E-state index contributed by atoms with van der Waals surface area (Å²) in [5.74, 6) is 0. The number of sulfonamides is 1. The summed E-state index contributed by atoms with van der Waals surface area (Å²) in [6.07, 6.45) is 3.36. The Morgan fingerprint density at radius 1 is 1.23 bits per heavy atom. The second kappa shape index (κ2) is 9.12. The van der Waals surface area contributed by atoms with Crippen molar-refractivity contribution in [2.24, 2.45) is 0 Å². The first kappa shape index (κ1) is 20.2. The highest BCUT2D eigenvalue weighted by atomic mass is 32.2. The molecule has 3 rings (SSSR count). The fraction of sp³-hybridized carbons (Fsp3) is 0.778. The lowest BCUT2D eigenvalue weighted by molar-refractivity contribution is 0.0337. The van der Waals surface area contributed by atoms with Crippen molar-refractivity contribution in [1.82, 2.24) is 14.1 Å². The molecule has 0 N–H and O–H groups in total. The van der Waals surface area contributed by atoms with Crippen LogP contribution >= 0.6 is 11.3 Å². The summed E-state index contributed by atoms with van der Waals surface area (Å²) < 4.78 is 32.0. The van der Waals surface area contributed by atoms with Gasteiger partial charge in [-0.3, -0.25) is 9.80 Å². The molecule has 26 heavy (non-hydrogen) atoms. The van der Waals surface area contributed by atoms with Crippen molar-refractivity contribution in [2.75, 3.05) is 58.7 Å². The Morgan fingerprint density at radius 2 is 2.00 bits per heavy atom. The first-order valence-corrected chi connectivity index (χ1v) is 12.1. The van der Waals surface area contributed by atoms with Gasteiger partial charge in [-0.1, -0.05) is 0 Å². The molecule has 0 aromatic carbocycles. The summed E-state index contributed by atoms with van der Waals surface area (Å²) in [6.45, 7) is 9.58. The summed E-state index contributed by atoms with van der Waals surface area (Å²) in [4.78, 5) is 7.41. The van der Waals surface area contributed by atoms with Crippen LogP contribution in [-0.2, 0) is 21.3 Å². The normalized spacial score (nSPS) is 23.6. The first-order valence-electron chi connectivity index (χ1n) is 9.46. The van der Waals surface area contributed by atoms with E-state index in [1.807, 2.05) is 11.3 Å². The molecule has 0 amide bonds. The van der Waals surface area contributed by atoms with Crippen molar-refractivity contribution in [2.45, 2.75) is 32.4 Å². The number of ether oxygens (including phenoxy) is 1. The van der Waals surface area contributed by atoms with Gasteiger partial charge in [-0.05, 0) is 38.4 Å². The van der Waals surface area contributed by atoms with E-state index in [1.54, 1.807) is 4.31 Å². The van der Waals surface area contributed by atoms with E-state index in [0.29, 0.717) is 6.54 Å². The minimum atomic E-state index is -3.21. The number of nitrogens with zero attached hydrogens (tertiary/aromatic N) is 3. The predicted molar refractivity (Wildman–Crippen MR) is 106 cm³/mol. The summed E-state index contributed by atoms with van der Waals surface area (Å²) in [5, 5.41) is 0. The van der Waals surface area contributed by atoms with Gasteiger partial charge in [0.2, 0.25) is 10.0 Å². The van der Waals surface area contributed by atoms with Crippen LogP contribution in [0.3, 0.4) is 0 Å². The number of rotatable bonds is 7. The third-order valence-electron chi connectivity index (χ3n) is 5.23. The molecule has 2 fully saturated rings. The van der Waals surface area contributed by atoms with Crippen LogP contribution in [0.25, 0.3) is 0 Å². The van der Waals surface area contributed by atoms with Crippen LogP contribution < -0.4 is 0 Å². The predicted octanol–water partition coefficient (Wildman–Crippen LogP) is 1.61. The lowest BCUT2D eigenvalue weighted by atomic mass is 10.1. The number of hydrogen-bond donors (Lipinski definition) is 0. The fourth-order valence-corrected chi connectivity index (χ4v) is 5.94.